The molecule has 0 saturated carbocycles. The Bertz CT molecular complexity index is 167. The highest BCUT2D eigenvalue weighted by Gasteiger charge is 2.27. The van der Waals surface area contributed by atoms with E-state index in [1.807, 2.05) is 0 Å². The van der Waals surface area contributed by atoms with Crippen molar-refractivity contribution in [1.82, 2.24) is 5.32 Å². The van der Waals surface area contributed by atoms with Crippen LogP contribution in [0, 0.1) is 0 Å². The summed E-state index contributed by atoms with van der Waals surface area (Å²) >= 11 is 0. The van der Waals surface area contributed by atoms with Gasteiger partial charge in [-0.2, -0.15) is 0 Å². The molecule has 0 spiro atoms. The van der Waals surface area contributed by atoms with E-state index in [0.29, 0.717) is 13.1 Å². The maximum atomic E-state index is 11.0. The number of carbonyl (C=O) groups is 2. The topological polar surface area (TPSA) is 90.6 Å². The fourth-order valence-corrected chi connectivity index (χ4v) is 0.726. The maximum Gasteiger partial charge on any atom is 0.334 e. The van der Waals surface area contributed by atoms with E-state index < -0.39 is 18.0 Å². The Hall–Kier alpha value is -1.14. The molecule has 0 aliphatic heterocycles. The molecule has 0 unspecified atom stereocenters. The van der Waals surface area contributed by atoms with Gasteiger partial charge in [0.25, 0.3) is 0 Å². The predicted molar refractivity (Wildman–Crippen MR) is 44.9 cm³/mol. The zero-order chi connectivity index (χ0) is 10.3. The Balaban J connectivity index is 4.18. The van der Waals surface area contributed by atoms with E-state index in [2.05, 4.69) is 14.8 Å². The van der Waals surface area contributed by atoms with Crippen LogP contribution in [0.25, 0.3) is 0 Å². The average molecular weight is 190 g/mol. The molecule has 0 aromatic heterocycles. The maximum absolute atomic E-state index is 11.0. The molecule has 6 heteroatoms. The Morgan fingerprint density at radius 2 is 1.77 bits per heavy atom. The molecule has 0 aliphatic rings. The fourth-order valence-electron chi connectivity index (χ4n) is 0.726. The van der Waals surface area contributed by atoms with Gasteiger partial charge in [-0.15, -0.1) is 0 Å². The average Bonchev–Trinajstić information content (AvgIpc) is 2.17. The number of nitrogens with two attached hydrogens (primary N) is 1. The van der Waals surface area contributed by atoms with E-state index in [1.54, 1.807) is 0 Å². The van der Waals surface area contributed by atoms with E-state index in [0.717, 1.165) is 0 Å². The largest absolute Gasteiger partial charge is 0.467 e. The third-order valence-corrected chi connectivity index (χ3v) is 1.37. The van der Waals surface area contributed by atoms with Gasteiger partial charge in [0, 0.05) is 13.1 Å². The van der Waals surface area contributed by atoms with Gasteiger partial charge < -0.3 is 15.2 Å². The Morgan fingerprint density at radius 3 is 2.08 bits per heavy atom. The van der Waals surface area contributed by atoms with Crippen molar-refractivity contribution in [2.45, 2.75) is 6.04 Å². The first kappa shape index (κ1) is 11.9. The number of rotatable bonds is 5. The number of carbonyl (C=O) groups excluding carboxylic acids is 2. The van der Waals surface area contributed by atoms with E-state index in [-0.39, 0.29) is 0 Å². The first-order valence-corrected chi connectivity index (χ1v) is 3.76. The molecular weight excluding hydrogens is 176 g/mol. The molecule has 0 amide bonds. The molecule has 0 saturated heterocycles. The molecule has 0 rings (SSSR count). The Labute approximate surface area is 76.4 Å². The van der Waals surface area contributed by atoms with Gasteiger partial charge in [-0.1, -0.05) is 0 Å². The standard InChI is InChI=1S/C7H14N2O4/c1-12-6(10)5(7(11)13-2)9-4-3-8/h5,9H,3-4,8H2,1-2H3. The van der Waals surface area contributed by atoms with Gasteiger partial charge in [-0.25, -0.2) is 9.59 Å². The van der Waals surface area contributed by atoms with Crippen molar-refractivity contribution in [2.24, 2.45) is 5.73 Å². The summed E-state index contributed by atoms with van der Waals surface area (Å²) < 4.78 is 8.78. The highest BCUT2D eigenvalue weighted by atomic mass is 16.5. The molecule has 3 N–H and O–H groups in total. The number of esters is 2. The molecule has 6 nitrogen and oxygen atoms in total. The van der Waals surface area contributed by atoms with Crippen molar-refractivity contribution in [2.75, 3.05) is 27.3 Å². The molecule has 0 aromatic carbocycles. The van der Waals surface area contributed by atoms with Crippen molar-refractivity contribution in [3.05, 3.63) is 0 Å². The lowest BCUT2D eigenvalue weighted by Gasteiger charge is -2.12. The van der Waals surface area contributed by atoms with Crippen molar-refractivity contribution in [1.29, 1.82) is 0 Å². The lowest BCUT2D eigenvalue weighted by molar-refractivity contribution is -0.155. The normalized spacial score (nSPS) is 9.85. The predicted octanol–water partition coefficient (Wildman–Crippen LogP) is -1.75. The minimum atomic E-state index is -1.08. The van der Waals surface area contributed by atoms with Crippen LogP contribution in [-0.4, -0.2) is 45.3 Å². The summed E-state index contributed by atoms with van der Waals surface area (Å²) in [5.74, 6) is -1.36. The zero-order valence-electron chi connectivity index (χ0n) is 7.70. The van der Waals surface area contributed by atoms with E-state index in [9.17, 15) is 9.59 Å². The molecule has 0 bridgehead atoms. The minimum absolute atomic E-state index is 0.324. The van der Waals surface area contributed by atoms with Crippen LogP contribution in [0.15, 0.2) is 0 Å². The number of hydrogen-bond acceptors (Lipinski definition) is 6. The zero-order valence-corrected chi connectivity index (χ0v) is 7.70. The second-order valence-corrected chi connectivity index (χ2v) is 2.22. The highest BCUT2D eigenvalue weighted by Crippen LogP contribution is 1.90. The van der Waals surface area contributed by atoms with Crippen molar-refractivity contribution < 1.29 is 19.1 Å². The first-order chi connectivity index (χ1) is 6.17. The summed E-state index contributed by atoms with van der Waals surface area (Å²) in [7, 11) is 2.39. The second-order valence-electron chi connectivity index (χ2n) is 2.22. The summed E-state index contributed by atoms with van der Waals surface area (Å²) in [4.78, 5) is 22.0. The van der Waals surface area contributed by atoms with Crippen molar-refractivity contribution >= 4 is 11.9 Å². The van der Waals surface area contributed by atoms with Crippen molar-refractivity contribution in [3.63, 3.8) is 0 Å². The lowest BCUT2D eigenvalue weighted by Crippen LogP contribution is -2.46. The van der Waals surface area contributed by atoms with Crippen molar-refractivity contribution in [3.8, 4) is 0 Å². The molecule has 0 fully saturated rings. The molecule has 0 radical (unpaired) electrons. The quantitative estimate of drug-likeness (QED) is 0.394. The van der Waals surface area contributed by atoms with Gasteiger partial charge in [-0.3, -0.25) is 5.32 Å². The lowest BCUT2D eigenvalue weighted by atomic mass is 10.3. The highest BCUT2D eigenvalue weighted by molar-refractivity contribution is 5.99. The second kappa shape index (κ2) is 6.38. The summed E-state index contributed by atoms with van der Waals surface area (Å²) in [6.45, 7) is 0.666. The van der Waals surface area contributed by atoms with Crippen LogP contribution < -0.4 is 11.1 Å². The number of nitrogens with one attached hydrogen (secondary N) is 1. The smallest absolute Gasteiger partial charge is 0.334 e. The monoisotopic (exact) mass is 190 g/mol. The third kappa shape index (κ3) is 3.86. The van der Waals surface area contributed by atoms with E-state index in [1.165, 1.54) is 14.2 Å². The number of hydrogen-bond donors (Lipinski definition) is 2. The minimum Gasteiger partial charge on any atom is -0.467 e. The summed E-state index contributed by atoms with van der Waals surface area (Å²) in [5.41, 5.74) is 5.19. The van der Waals surface area contributed by atoms with Crippen LogP contribution in [0.1, 0.15) is 0 Å². The molecule has 0 atom stereocenters. The van der Waals surface area contributed by atoms with Gasteiger partial charge in [0.15, 0.2) is 0 Å². The third-order valence-electron chi connectivity index (χ3n) is 1.37. The van der Waals surface area contributed by atoms with Crippen LogP contribution >= 0.6 is 0 Å². The van der Waals surface area contributed by atoms with Gasteiger partial charge in [0.05, 0.1) is 14.2 Å². The summed E-state index contributed by atoms with van der Waals surface area (Å²) in [5, 5.41) is 2.60. The van der Waals surface area contributed by atoms with Crippen LogP contribution in [0.5, 0.6) is 0 Å². The first-order valence-electron chi connectivity index (χ1n) is 3.76. The SMILES string of the molecule is COC(=O)C(NCCN)C(=O)OC. The van der Waals surface area contributed by atoms with Crippen LogP contribution in [0.4, 0.5) is 0 Å². The number of methoxy groups -OCH3 is 2. The Kier molecular flexibility index (Phi) is 5.82. The molecule has 0 aromatic rings. The van der Waals surface area contributed by atoms with Gasteiger partial charge >= 0.3 is 11.9 Å². The molecule has 76 valence electrons. The van der Waals surface area contributed by atoms with Gasteiger partial charge in [-0.05, 0) is 0 Å². The molecule has 13 heavy (non-hydrogen) atoms. The van der Waals surface area contributed by atoms with Gasteiger partial charge in [0.1, 0.15) is 0 Å². The summed E-state index contributed by atoms with van der Waals surface area (Å²) in [6, 6.07) is -1.08. The Morgan fingerprint density at radius 1 is 1.31 bits per heavy atom. The van der Waals surface area contributed by atoms with Gasteiger partial charge in [0.2, 0.25) is 6.04 Å². The van der Waals surface area contributed by atoms with E-state index in [4.69, 9.17) is 5.73 Å². The van der Waals surface area contributed by atoms with Crippen LogP contribution in [0.3, 0.4) is 0 Å². The summed E-state index contributed by atoms with van der Waals surface area (Å²) in [6.07, 6.45) is 0. The fraction of sp³-hybridized carbons (Fsp3) is 0.714. The van der Waals surface area contributed by atoms with E-state index >= 15 is 0 Å². The van der Waals surface area contributed by atoms with Crippen LogP contribution in [0.2, 0.25) is 0 Å². The van der Waals surface area contributed by atoms with Crippen LogP contribution in [-0.2, 0) is 19.1 Å². The molecule has 0 heterocycles. The molecule has 0 aliphatic carbocycles. The number of ether oxygens (including phenoxy) is 2. The molecular formula is C7H14N2O4.